The van der Waals surface area contributed by atoms with Crippen molar-refractivity contribution in [1.29, 1.82) is 0 Å². The minimum Gasteiger partial charge on any atom is -0.478 e. The molecule has 1 atom stereocenters. The third-order valence-corrected chi connectivity index (χ3v) is 4.74. The molecule has 1 N–H and O–H groups in total. The first-order chi connectivity index (χ1) is 8.52. The molecule has 0 spiro atoms. The monoisotopic (exact) mass is 423 g/mol. The van der Waals surface area contributed by atoms with E-state index in [4.69, 9.17) is 5.11 Å². The molecule has 1 unspecified atom stereocenters. The molecule has 1 aromatic carbocycles. The molecule has 0 radical (unpaired) electrons. The van der Waals surface area contributed by atoms with Crippen LogP contribution < -0.4 is 4.90 Å². The molecule has 1 aliphatic rings. The normalized spacial score (nSPS) is 19.3. The number of carboxylic acids is 1. The number of hydrogen-bond acceptors (Lipinski definition) is 2. The fourth-order valence-corrected chi connectivity index (χ4v) is 3.03. The lowest BCUT2D eigenvalue weighted by Crippen LogP contribution is -2.25. The molecule has 0 bridgehead atoms. The quantitative estimate of drug-likeness (QED) is 0.600. The van der Waals surface area contributed by atoms with Crippen LogP contribution in [0.3, 0.4) is 0 Å². The smallest absolute Gasteiger partial charge is 0.335 e. The summed E-state index contributed by atoms with van der Waals surface area (Å²) in [6.07, 6.45) is 0.513. The van der Waals surface area contributed by atoms with Crippen molar-refractivity contribution in [2.24, 2.45) is 5.92 Å². The number of carbonyl (C=O) groups is 2. The summed E-state index contributed by atoms with van der Waals surface area (Å²) in [6.45, 7) is 0.642. The minimum atomic E-state index is -0.976. The van der Waals surface area contributed by atoms with Gasteiger partial charge in [0.2, 0.25) is 5.91 Å². The Morgan fingerprint density at radius 1 is 1.56 bits per heavy atom. The Kier molecular flexibility index (Phi) is 4.26. The van der Waals surface area contributed by atoms with Gasteiger partial charge in [0.25, 0.3) is 0 Å². The Hall–Kier alpha value is -0.630. The second kappa shape index (κ2) is 5.56. The van der Waals surface area contributed by atoms with E-state index in [0.717, 1.165) is 8.90 Å². The zero-order valence-electron chi connectivity index (χ0n) is 9.40. The van der Waals surface area contributed by atoms with Crippen LogP contribution in [0.1, 0.15) is 16.8 Å². The molecule has 1 aromatic rings. The Morgan fingerprint density at radius 3 is 2.83 bits per heavy atom. The van der Waals surface area contributed by atoms with Gasteiger partial charge in [-0.25, -0.2) is 4.79 Å². The van der Waals surface area contributed by atoms with Gasteiger partial charge >= 0.3 is 5.97 Å². The van der Waals surface area contributed by atoms with Crippen molar-refractivity contribution < 1.29 is 14.7 Å². The van der Waals surface area contributed by atoms with E-state index in [1.165, 1.54) is 0 Å². The number of amides is 1. The van der Waals surface area contributed by atoms with Crippen molar-refractivity contribution in [3.05, 3.63) is 27.3 Å². The third kappa shape index (κ3) is 2.69. The van der Waals surface area contributed by atoms with E-state index in [2.05, 4.69) is 38.5 Å². The summed E-state index contributed by atoms with van der Waals surface area (Å²) < 4.78 is 0.890. The van der Waals surface area contributed by atoms with Gasteiger partial charge in [-0.15, -0.1) is 0 Å². The van der Waals surface area contributed by atoms with Gasteiger partial charge in [0.1, 0.15) is 0 Å². The molecule has 96 valence electrons. The maximum absolute atomic E-state index is 11.9. The van der Waals surface area contributed by atoms with Gasteiger partial charge < -0.3 is 10.0 Å². The average Bonchev–Trinajstić information content (AvgIpc) is 2.71. The molecule has 0 saturated carbocycles. The largest absolute Gasteiger partial charge is 0.478 e. The van der Waals surface area contributed by atoms with Crippen LogP contribution in [-0.4, -0.2) is 28.9 Å². The van der Waals surface area contributed by atoms with Crippen LogP contribution in [0.2, 0.25) is 0 Å². The van der Waals surface area contributed by atoms with Gasteiger partial charge in [-0.2, -0.15) is 0 Å². The molecule has 2 rings (SSSR count). The van der Waals surface area contributed by atoms with Crippen LogP contribution in [0.25, 0.3) is 0 Å². The number of nitrogens with zero attached hydrogens (tertiary/aromatic N) is 1. The van der Waals surface area contributed by atoms with Gasteiger partial charge in [0, 0.05) is 21.9 Å². The summed E-state index contributed by atoms with van der Waals surface area (Å²) in [5, 5.41) is 9.78. The fraction of sp³-hybridized carbons (Fsp3) is 0.333. The first-order valence-electron chi connectivity index (χ1n) is 5.42. The predicted molar refractivity (Wildman–Crippen MR) is 80.4 cm³/mol. The molecule has 1 fully saturated rings. The second-order valence-electron chi connectivity index (χ2n) is 4.20. The Bertz CT molecular complexity index is 506. The van der Waals surface area contributed by atoms with E-state index in [-0.39, 0.29) is 11.5 Å². The Morgan fingerprint density at radius 2 is 2.28 bits per heavy atom. The Balaban J connectivity index is 2.35. The second-order valence-corrected chi connectivity index (χ2v) is 6.01. The molecule has 0 aromatic heterocycles. The number of benzene rings is 1. The fourth-order valence-electron chi connectivity index (χ4n) is 1.97. The number of rotatable bonds is 3. The highest BCUT2D eigenvalue weighted by atomic mass is 127. The highest BCUT2D eigenvalue weighted by Gasteiger charge is 2.31. The number of anilines is 1. The first kappa shape index (κ1) is 13.8. The SMILES string of the molecule is O=C(O)c1ccc(I)c(N2CC(CBr)CC2=O)c1. The molecule has 18 heavy (non-hydrogen) atoms. The van der Waals surface area contributed by atoms with E-state index in [0.29, 0.717) is 24.6 Å². The van der Waals surface area contributed by atoms with E-state index < -0.39 is 5.97 Å². The summed E-state index contributed by atoms with van der Waals surface area (Å²) in [4.78, 5) is 24.6. The number of carboxylic acid groups (broad SMARTS) is 1. The van der Waals surface area contributed by atoms with Crippen molar-refractivity contribution in [2.75, 3.05) is 16.8 Å². The van der Waals surface area contributed by atoms with Gasteiger partial charge in [0.05, 0.1) is 11.3 Å². The summed E-state index contributed by atoms with van der Waals surface area (Å²) in [7, 11) is 0. The van der Waals surface area contributed by atoms with E-state index in [9.17, 15) is 9.59 Å². The van der Waals surface area contributed by atoms with Crippen LogP contribution in [0.4, 0.5) is 5.69 Å². The van der Waals surface area contributed by atoms with Gasteiger partial charge in [-0.05, 0) is 46.7 Å². The molecule has 1 saturated heterocycles. The molecule has 1 amide bonds. The Labute approximate surface area is 127 Å². The van der Waals surface area contributed by atoms with Crippen molar-refractivity contribution >= 4 is 56.1 Å². The average molecular weight is 424 g/mol. The van der Waals surface area contributed by atoms with E-state index >= 15 is 0 Å². The lowest BCUT2D eigenvalue weighted by Gasteiger charge is -2.18. The number of carbonyl (C=O) groups excluding carboxylic acids is 1. The maximum Gasteiger partial charge on any atom is 0.335 e. The topological polar surface area (TPSA) is 57.6 Å². The van der Waals surface area contributed by atoms with Gasteiger partial charge in [-0.3, -0.25) is 4.79 Å². The van der Waals surface area contributed by atoms with Crippen molar-refractivity contribution in [3.8, 4) is 0 Å². The van der Waals surface area contributed by atoms with E-state index in [1.54, 1.807) is 23.1 Å². The van der Waals surface area contributed by atoms with E-state index in [1.807, 2.05) is 0 Å². The number of alkyl halides is 1. The summed E-state index contributed by atoms with van der Waals surface area (Å²) in [5.41, 5.74) is 0.907. The lowest BCUT2D eigenvalue weighted by atomic mass is 10.1. The maximum atomic E-state index is 11.9. The van der Waals surface area contributed by atoms with Crippen LogP contribution in [0, 0.1) is 9.49 Å². The van der Waals surface area contributed by atoms with Crippen molar-refractivity contribution in [1.82, 2.24) is 0 Å². The molecule has 1 aliphatic heterocycles. The van der Waals surface area contributed by atoms with Crippen LogP contribution in [0.15, 0.2) is 18.2 Å². The summed E-state index contributed by atoms with van der Waals surface area (Å²) in [6, 6.07) is 4.85. The zero-order valence-corrected chi connectivity index (χ0v) is 13.1. The highest BCUT2D eigenvalue weighted by Crippen LogP contribution is 2.30. The molecule has 1 heterocycles. The first-order valence-corrected chi connectivity index (χ1v) is 7.62. The minimum absolute atomic E-state index is 0.0555. The summed E-state index contributed by atoms with van der Waals surface area (Å²) in [5.74, 6) is -0.627. The lowest BCUT2D eigenvalue weighted by molar-refractivity contribution is -0.117. The van der Waals surface area contributed by atoms with Gasteiger partial charge in [0.15, 0.2) is 0 Å². The predicted octanol–water partition coefficient (Wildman–Crippen LogP) is 2.74. The summed E-state index contributed by atoms with van der Waals surface area (Å²) >= 11 is 5.51. The zero-order chi connectivity index (χ0) is 13.3. The van der Waals surface area contributed by atoms with Crippen LogP contribution in [-0.2, 0) is 4.79 Å². The molecular weight excluding hydrogens is 413 g/mol. The number of aromatic carboxylic acids is 1. The third-order valence-electron chi connectivity index (χ3n) is 2.91. The van der Waals surface area contributed by atoms with Crippen molar-refractivity contribution in [3.63, 3.8) is 0 Å². The van der Waals surface area contributed by atoms with Crippen LogP contribution in [0.5, 0.6) is 0 Å². The number of halogens is 2. The molecule has 4 nitrogen and oxygen atoms in total. The van der Waals surface area contributed by atoms with Crippen molar-refractivity contribution in [2.45, 2.75) is 6.42 Å². The molecular formula is C12H11BrINO3. The molecule has 0 aliphatic carbocycles. The highest BCUT2D eigenvalue weighted by molar-refractivity contribution is 14.1. The number of hydrogen-bond donors (Lipinski definition) is 1. The standard InChI is InChI=1S/C12H11BrINO3/c13-5-7-3-11(16)15(6-7)10-4-8(12(17)18)1-2-9(10)14/h1-2,4,7H,3,5-6H2,(H,17,18). The van der Waals surface area contributed by atoms with Gasteiger partial charge in [-0.1, -0.05) is 15.9 Å². The molecule has 6 heteroatoms. The van der Waals surface area contributed by atoms with Crippen LogP contribution >= 0.6 is 38.5 Å².